The highest BCUT2D eigenvalue weighted by atomic mass is 32.1. The second-order valence-corrected chi connectivity index (χ2v) is 8.21. The van der Waals surface area contributed by atoms with Crippen molar-refractivity contribution in [2.24, 2.45) is 0 Å². The number of oxazole rings is 1. The highest BCUT2D eigenvalue weighted by Gasteiger charge is 2.12. The third-order valence-electron chi connectivity index (χ3n) is 5.42. The standard InChI is InChI=1S/C26H25N3O2S/c1-3-17(2)19-12-13-23-22(16-19)28-25(31-23)20-10-7-11-21(15-20)27-26(32)29-24(30)14-18-8-5-4-6-9-18/h4-13,15-17H,3,14H2,1-2H3,(H2,27,29,30,32). The number of nitrogens with one attached hydrogen (secondary N) is 2. The number of hydrogen-bond donors (Lipinski definition) is 2. The highest BCUT2D eigenvalue weighted by molar-refractivity contribution is 7.80. The molecule has 0 aliphatic heterocycles. The van der Waals surface area contributed by atoms with E-state index in [9.17, 15) is 4.79 Å². The number of benzene rings is 3. The molecule has 0 radical (unpaired) electrons. The summed E-state index contributed by atoms with van der Waals surface area (Å²) in [5.74, 6) is 0.857. The number of thiocarbonyl (C=S) groups is 1. The smallest absolute Gasteiger partial charge is 0.230 e. The fraction of sp³-hybridized carbons (Fsp3) is 0.192. The lowest BCUT2D eigenvalue weighted by atomic mass is 9.98. The van der Waals surface area contributed by atoms with E-state index in [1.54, 1.807) is 0 Å². The van der Waals surface area contributed by atoms with Crippen LogP contribution in [0.25, 0.3) is 22.6 Å². The second-order valence-electron chi connectivity index (χ2n) is 7.80. The normalized spacial score (nSPS) is 11.8. The van der Waals surface area contributed by atoms with Gasteiger partial charge in [-0.15, -0.1) is 0 Å². The molecule has 1 unspecified atom stereocenters. The maximum atomic E-state index is 12.2. The number of hydrogen-bond acceptors (Lipinski definition) is 4. The lowest BCUT2D eigenvalue weighted by Crippen LogP contribution is -2.35. The van der Waals surface area contributed by atoms with Gasteiger partial charge < -0.3 is 15.1 Å². The Hall–Kier alpha value is -3.51. The van der Waals surface area contributed by atoms with Crippen molar-refractivity contribution >= 4 is 40.0 Å². The number of nitrogens with zero attached hydrogens (tertiary/aromatic N) is 1. The van der Waals surface area contributed by atoms with Gasteiger partial charge in [0.1, 0.15) is 5.52 Å². The van der Waals surface area contributed by atoms with Gasteiger partial charge in [0.2, 0.25) is 11.8 Å². The molecule has 1 heterocycles. The maximum Gasteiger partial charge on any atom is 0.230 e. The Morgan fingerprint density at radius 1 is 1.06 bits per heavy atom. The van der Waals surface area contributed by atoms with Crippen LogP contribution in [0.15, 0.2) is 77.2 Å². The minimum atomic E-state index is -0.166. The van der Waals surface area contributed by atoms with Crippen LogP contribution >= 0.6 is 12.2 Å². The molecule has 4 aromatic rings. The Morgan fingerprint density at radius 3 is 2.66 bits per heavy atom. The monoisotopic (exact) mass is 443 g/mol. The van der Waals surface area contributed by atoms with Gasteiger partial charge in [0, 0.05) is 11.3 Å². The van der Waals surface area contributed by atoms with Gasteiger partial charge >= 0.3 is 0 Å². The number of amides is 1. The largest absolute Gasteiger partial charge is 0.436 e. The van der Waals surface area contributed by atoms with Crippen molar-refractivity contribution in [3.05, 3.63) is 83.9 Å². The Kier molecular flexibility index (Phi) is 6.61. The topological polar surface area (TPSA) is 67.2 Å². The lowest BCUT2D eigenvalue weighted by Gasteiger charge is -2.10. The molecule has 0 saturated carbocycles. The van der Waals surface area contributed by atoms with Gasteiger partial charge in [0.05, 0.1) is 6.42 Å². The summed E-state index contributed by atoms with van der Waals surface area (Å²) < 4.78 is 5.97. The van der Waals surface area contributed by atoms with Crippen LogP contribution in [0, 0.1) is 0 Å². The number of carbonyl (C=O) groups is 1. The molecule has 0 aliphatic carbocycles. The van der Waals surface area contributed by atoms with Gasteiger partial charge in [0.15, 0.2) is 10.7 Å². The highest BCUT2D eigenvalue weighted by Crippen LogP contribution is 2.29. The van der Waals surface area contributed by atoms with Crippen LogP contribution in [0.4, 0.5) is 5.69 Å². The quantitative estimate of drug-likeness (QED) is 0.354. The van der Waals surface area contributed by atoms with Crippen LogP contribution < -0.4 is 10.6 Å². The van der Waals surface area contributed by atoms with Gasteiger partial charge in [-0.25, -0.2) is 4.98 Å². The molecular weight excluding hydrogens is 418 g/mol. The summed E-state index contributed by atoms with van der Waals surface area (Å²) in [5, 5.41) is 6.04. The van der Waals surface area contributed by atoms with Gasteiger partial charge in [0.25, 0.3) is 0 Å². The zero-order valence-corrected chi connectivity index (χ0v) is 18.9. The molecule has 4 rings (SSSR count). The third kappa shape index (κ3) is 5.21. The molecular formula is C26H25N3O2S. The summed E-state index contributed by atoms with van der Waals surface area (Å²) in [7, 11) is 0. The predicted molar refractivity (Wildman–Crippen MR) is 133 cm³/mol. The van der Waals surface area contributed by atoms with Crippen molar-refractivity contribution in [2.75, 3.05) is 5.32 Å². The van der Waals surface area contributed by atoms with Crippen LogP contribution in [-0.4, -0.2) is 16.0 Å². The maximum absolute atomic E-state index is 12.2. The molecule has 1 amide bonds. The average molecular weight is 444 g/mol. The van der Waals surface area contributed by atoms with Crippen molar-refractivity contribution in [3.8, 4) is 11.5 Å². The van der Waals surface area contributed by atoms with Crippen LogP contribution in [-0.2, 0) is 11.2 Å². The van der Waals surface area contributed by atoms with E-state index in [1.807, 2.05) is 60.7 Å². The molecule has 32 heavy (non-hydrogen) atoms. The molecule has 5 nitrogen and oxygen atoms in total. The summed E-state index contributed by atoms with van der Waals surface area (Å²) in [6, 6.07) is 23.3. The fourth-order valence-electron chi connectivity index (χ4n) is 3.45. The van der Waals surface area contributed by atoms with E-state index >= 15 is 0 Å². The summed E-state index contributed by atoms with van der Waals surface area (Å²) in [5.41, 5.74) is 5.37. The van der Waals surface area contributed by atoms with Crippen molar-refractivity contribution in [2.45, 2.75) is 32.6 Å². The molecule has 0 spiro atoms. The second kappa shape index (κ2) is 9.75. The van der Waals surface area contributed by atoms with Crippen molar-refractivity contribution < 1.29 is 9.21 Å². The van der Waals surface area contributed by atoms with Crippen molar-refractivity contribution in [1.82, 2.24) is 10.3 Å². The summed E-state index contributed by atoms with van der Waals surface area (Å²) in [4.78, 5) is 16.9. The SMILES string of the molecule is CCC(C)c1ccc2oc(-c3cccc(NC(=S)NC(=O)Cc4ccccc4)c3)nc2c1. The molecule has 3 aromatic carbocycles. The van der Waals surface area contributed by atoms with Crippen molar-refractivity contribution in [3.63, 3.8) is 0 Å². The molecule has 2 N–H and O–H groups in total. The molecule has 0 saturated heterocycles. The first kappa shape index (κ1) is 21.7. The first-order valence-corrected chi connectivity index (χ1v) is 11.1. The number of fused-ring (bicyclic) bond motifs is 1. The number of rotatable bonds is 6. The Morgan fingerprint density at radius 2 is 1.88 bits per heavy atom. The van der Waals surface area contributed by atoms with E-state index < -0.39 is 0 Å². The summed E-state index contributed by atoms with van der Waals surface area (Å²) >= 11 is 5.31. The first-order valence-electron chi connectivity index (χ1n) is 10.7. The minimum absolute atomic E-state index is 0.166. The number of anilines is 1. The van der Waals surface area contributed by atoms with E-state index in [1.165, 1.54) is 5.56 Å². The van der Waals surface area contributed by atoms with Gasteiger partial charge in [-0.1, -0.05) is 56.3 Å². The average Bonchev–Trinajstić information content (AvgIpc) is 3.22. The molecule has 162 valence electrons. The van der Waals surface area contributed by atoms with E-state index in [2.05, 4.69) is 41.6 Å². The van der Waals surface area contributed by atoms with Crippen LogP contribution in [0.5, 0.6) is 0 Å². The minimum Gasteiger partial charge on any atom is -0.436 e. The molecule has 0 bridgehead atoms. The van der Waals surface area contributed by atoms with Crippen molar-refractivity contribution in [1.29, 1.82) is 0 Å². The third-order valence-corrected chi connectivity index (χ3v) is 5.63. The van der Waals surface area contributed by atoms with E-state index in [0.29, 0.717) is 11.8 Å². The Bertz CT molecular complexity index is 1250. The lowest BCUT2D eigenvalue weighted by molar-refractivity contribution is -0.119. The van der Waals surface area contributed by atoms with Gasteiger partial charge in [-0.05, 0) is 66.0 Å². The fourth-order valence-corrected chi connectivity index (χ4v) is 3.69. The Labute approximate surface area is 192 Å². The molecule has 0 aliphatic rings. The number of carbonyl (C=O) groups excluding carboxylic acids is 1. The van der Waals surface area contributed by atoms with Crippen LogP contribution in [0.1, 0.15) is 37.3 Å². The first-order chi connectivity index (χ1) is 15.5. The summed E-state index contributed by atoms with van der Waals surface area (Å²) in [6.45, 7) is 4.38. The zero-order valence-electron chi connectivity index (χ0n) is 18.1. The zero-order chi connectivity index (χ0) is 22.5. The van der Waals surface area contributed by atoms with Gasteiger partial charge in [-0.3, -0.25) is 4.79 Å². The molecule has 0 fully saturated rings. The van der Waals surface area contributed by atoms with E-state index in [4.69, 9.17) is 16.6 Å². The van der Waals surface area contributed by atoms with Crippen LogP contribution in [0.2, 0.25) is 0 Å². The van der Waals surface area contributed by atoms with Crippen LogP contribution in [0.3, 0.4) is 0 Å². The molecule has 6 heteroatoms. The van der Waals surface area contributed by atoms with E-state index in [-0.39, 0.29) is 17.4 Å². The van der Waals surface area contributed by atoms with E-state index in [0.717, 1.165) is 34.3 Å². The molecule has 1 aromatic heterocycles. The predicted octanol–water partition coefficient (Wildman–Crippen LogP) is 6.06. The molecule has 1 atom stereocenters. The van der Waals surface area contributed by atoms with Gasteiger partial charge in [-0.2, -0.15) is 0 Å². The summed E-state index contributed by atoms with van der Waals surface area (Å²) in [6.07, 6.45) is 1.34. The Balaban J connectivity index is 1.45. The number of aromatic nitrogens is 1.